The van der Waals surface area contributed by atoms with Crippen molar-refractivity contribution in [3.05, 3.63) is 33.9 Å². The average Bonchev–Trinajstić information content (AvgIpc) is 2.31. The lowest BCUT2D eigenvalue weighted by molar-refractivity contribution is 0.347. The Labute approximate surface area is 119 Å². The topological polar surface area (TPSA) is 69.4 Å². The molecule has 0 aliphatic rings. The number of aryl methyl sites for hydroxylation is 1. The zero-order chi connectivity index (χ0) is 14.8. The van der Waals surface area contributed by atoms with Crippen LogP contribution in [-0.2, 0) is 10.0 Å². The molecule has 4 nitrogen and oxygen atoms in total. The molecule has 0 aliphatic carbocycles. The quantitative estimate of drug-likeness (QED) is 0.930. The number of nitrogens with two attached hydrogens (primary N) is 1. The van der Waals surface area contributed by atoms with Crippen LogP contribution in [0.5, 0.6) is 5.75 Å². The Balaban J connectivity index is 3.27. The van der Waals surface area contributed by atoms with Crippen LogP contribution in [0.3, 0.4) is 0 Å². The minimum Gasteiger partial charge on any atom is -0.489 e. The monoisotopic (exact) mass is 303 g/mol. The molecular formula is C13H18ClNO3S. The first kappa shape index (κ1) is 16.0. The van der Waals surface area contributed by atoms with Gasteiger partial charge in [0.05, 0.1) is 4.90 Å². The van der Waals surface area contributed by atoms with Crippen LogP contribution < -0.4 is 9.88 Å². The number of halogens is 1. The van der Waals surface area contributed by atoms with Crippen molar-refractivity contribution in [1.82, 2.24) is 0 Å². The second-order valence-corrected chi connectivity index (χ2v) is 6.31. The molecule has 0 fully saturated rings. The van der Waals surface area contributed by atoms with Gasteiger partial charge in [0.25, 0.3) is 0 Å². The number of sulfonamides is 1. The van der Waals surface area contributed by atoms with Gasteiger partial charge in [-0.05, 0) is 56.0 Å². The molecule has 0 spiro atoms. The number of ether oxygens (including phenoxy) is 1. The summed E-state index contributed by atoms with van der Waals surface area (Å²) in [7, 11) is -3.72. The SMILES string of the molecule is CC(=CCl)COc1c(C)cc(S(N)(=O)=O)c(C)c1C. The van der Waals surface area contributed by atoms with E-state index in [0.29, 0.717) is 17.9 Å². The van der Waals surface area contributed by atoms with Gasteiger partial charge in [0.2, 0.25) is 10.0 Å². The standard InChI is InChI=1S/C13H18ClNO3S/c1-8(6-14)7-18-13-9(2)5-12(19(15,16)17)10(3)11(13)4/h5-6H,7H2,1-4H3,(H2,15,16,17). The third-order valence-corrected chi connectivity index (χ3v) is 4.33. The number of benzene rings is 1. The molecule has 19 heavy (non-hydrogen) atoms. The molecule has 0 radical (unpaired) electrons. The van der Waals surface area contributed by atoms with Crippen molar-refractivity contribution in [3.8, 4) is 5.75 Å². The van der Waals surface area contributed by atoms with E-state index in [4.69, 9.17) is 21.5 Å². The van der Waals surface area contributed by atoms with Crippen molar-refractivity contribution in [1.29, 1.82) is 0 Å². The number of primary sulfonamides is 1. The summed E-state index contributed by atoms with van der Waals surface area (Å²) in [5.41, 5.74) is 4.45. The van der Waals surface area contributed by atoms with Gasteiger partial charge < -0.3 is 4.74 Å². The van der Waals surface area contributed by atoms with Gasteiger partial charge in [-0.15, -0.1) is 0 Å². The molecule has 0 saturated heterocycles. The smallest absolute Gasteiger partial charge is 0.238 e. The number of rotatable bonds is 4. The molecule has 1 rings (SSSR count). The second kappa shape index (κ2) is 5.94. The molecule has 2 N–H and O–H groups in total. The molecule has 0 bridgehead atoms. The molecule has 0 atom stereocenters. The van der Waals surface area contributed by atoms with Gasteiger partial charge in [-0.2, -0.15) is 0 Å². The van der Waals surface area contributed by atoms with E-state index in [2.05, 4.69) is 0 Å². The third kappa shape index (κ3) is 3.72. The molecule has 0 saturated carbocycles. The fourth-order valence-corrected chi connectivity index (χ4v) is 2.74. The number of hydrogen-bond acceptors (Lipinski definition) is 3. The average molecular weight is 304 g/mol. The van der Waals surface area contributed by atoms with Gasteiger partial charge in [0.15, 0.2) is 0 Å². The third-order valence-electron chi connectivity index (χ3n) is 2.92. The van der Waals surface area contributed by atoms with Crippen LogP contribution in [0, 0.1) is 20.8 Å². The van der Waals surface area contributed by atoms with E-state index in [0.717, 1.165) is 16.7 Å². The molecule has 0 aliphatic heterocycles. The highest BCUT2D eigenvalue weighted by molar-refractivity contribution is 7.89. The predicted octanol–water partition coefficient (Wildman–Crippen LogP) is 2.78. The van der Waals surface area contributed by atoms with Crippen LogP contribution in [0.1, 0.15) is 23.6 Å². The number of hydrogen-bond donors (Lipinski definition) is 1. The highest BCUT2D eigenvalue weighted by atomic mass is 35.5. The lowest BCUT2D eigenvalue weighted by atomic mass is 10.1. The van der Waals surface area contributed by atoms with E-state index in [1.165, 1.54) is 11.6 Å². The Morgan fingerprint density at radius 1 is 1.37 bits per heavy atom. The van der Waals surface area contributed by atoms with Gasteiger partial charge in [-0.1, -0.05) is 11.6 Å². The lowest BCUT2D eigenvalue weighted by Crippen LogP contribution is -2.15. The van der Waals surface area contributed by atoms with Crippen molar-refractivity contribution in [2.75, 3.05) is 6.61 Å². The second-order valence-electron chi connectivity index (χ2n) is 4.56. The fraction of sp³-hybridized carbons (Fsp3) is 0.385. The van der Waals surface area contributed by atoms with Crippen LogP contribution in [0.25, 0.3) is 0 Å². The van der Waals surface area contributed by atoms with Crippen molar-refractivity contribution >= 4 is 21.6 Å². The summed E-state index contributed by atoms with van der Waals surface area (Å²) in [6.07, 6.45) is 0. The maximum atomic E-state index is 11.5. The molecule has 0 unspecified atom stereocenters. The summed E-state index contributed by atoms with van der Waals surface area (Å²) in [6.45, 7) is 7.52. The molecule has 0 heterocycles. The van der Waals surface area contributed by atoms with Gasteiger partial charge in [-0.3, -0.25) is 0 Å². The van der Waals surface area contributed by atoms with Crippen molar-refractivity contribution < 1.29 is 13.2 Å². The first-order chi connectivity index (χ1) is 8.68. The van der Waals surface area contributed by atoms with Gasteiger partial charge in [0.1, 0.15) is 12.4 Å². The first-order valence-electron chi connectivity index (χ1n) is 5.70. The van der Waals surface area contributed by atoms with Crippen LogP contribution in [0.4, 0.5) is 0 Å². The van der Waals surface area contributed by atoms with Crippen LogP contribution in [0.15, 0.2) is 22.1 Å². The van der Waals surface area contributed by atoms with Gasteiger partial charge in [0, 0.05) is 5.54 Å². The molecule has 0 aromatic heterocycles. The van der Waals surface area contributed by atoms with E-state index in [-0.39, 0.29) is 4.90 Å². The van der Waals surface area contributed by atoms with Crippen molar-refractivity contribution in [3.63, 3.8) is 0 Å². The minimum atomic E-state index is -3.72. The minimum absolute atomic E-state index is 0.138. The van der Waals surface area contributed by atoms with Crippen molar-refractivity contribution in [2.45, 2.75) is 32.6 Å². The zero-order valence-electron chi connectivity index (χ0n) is 11.5. The van der Waals surface area contributed by atoms with E-state index in [1.807, 2.05) is 13.8 Å². The molecule has 6 heteroatoms. The summed E-state index contributed by atoms with van der Waals surface area (Å²) in [5.74, 6) is 0.669. The highest BCUT2D eigenvalue weighted by Crippen LogP contribution is 2.30. The summed E-state index contributed by atoms with van der Waals surface area (Å²) in [6, 6.07) is 1.53. The summed E-state index contributed by atoms with van der Waals surface area (Å²) >= 11 is 5.58. The zero-order valence-corrected chi connectivity index (χ0v) is 13.0. The van der Waals surface area contributed by atoms with Crippen molar-refractivity contribution in [2.24, 2.45) is 5.14 Å². The lowest BCUT2D eigenvalue weighted by Gasteiger charge is -2.16. The van der Waals surface area contributed by atoms with E-state index in [1.54, 1.807) is 13.8 Å². The van der Waals surface area contributed by atoms with Gasteiger partial charge >= 0.3 is 0 Å². The Bertz CT molecular complexity index is 621. The normalized spacial score (nSPS) is 12.6. The highest BCUT2D eigenvalue weighted by Gasteiger charge is 2.18. The Morgan fingerprint density at radius 3 is 2.42 bits per heavy atom. The molecule has 1 aromatic rings. The van der Waals surface area contributed by atoms with E-state index >= 15 is 0 Å². The van der Waals surface area contributed by atoms with Gasteiger partial charge in [-0.25, -0.2) is 13.6 Å². The van der Waals surface area contributed by atoms with Crippen LogP contribution in [-0.4, -0.2) is 15.0 Å². The fourth-order valence-electron chi connectivity index (χ4n) is 1.76. The largest absolute Gasteiger partial charge is 0.489 e. The summed E-state index contributed by atoms with van der Waals surface area (Å²) in [4.78, 5) is 0.138. The maximum Gasteiger partial charge on any atom is 0.238 e. The Morgan fingerprint density at radius 2 is 1.95 bits per heavy atom. The molecule has 106 valence electrons. The molecular weight excluding hydrogens is 286 g/mol. The van der Waals surface area contributed by atoms with E-state index in [9.17, 15) is 8.42 Å². The first-order valence-corrected chi connectivity index (χ1v) is 7.69. The van der Waals surface area contributed by atoms with Crippen LogP contribution >= 0.6 is 11.6 Å². The molecule has 0 amide bonds. The van der Waals surface area contributed by atoms with Crippen LogP contribution in [0.2, 0.25) is 0 Å². The summed E-state index contributed by atoms with van der Waals surface area (Å²) in [5, 5.41) is 5.19. The summed E-state index contributed by atoms with van der Waals surface area (Å²) < 4.78 is 28.7. The van der Waals surface area contributed by atoms with E-state index < -0.39 is 10.0 Å². The molecule has 1 aromatic carbocycles. The predicted molar refractivity (Wildman–Crippen MR) is 77.1 cm³/mol. The Hall–Kier alpha value is -1.04. The maximum absolute atomic E-state index is 11.5. The Kier molecular flexibility index (Phi) is 5.01.